The Kier molecular flexibility index (Phi) is 7.00. The molecule has 3 rings (SSSR count). The molecule has 1 aliphatic rings. The summed E-state index contributed by atoms with van der Waals surface area (Å²) in [6.07, 6.45) is 2.93. The number of allylic oxidation sites excluding steroid dienone is 1. The standard InChI is InChI=1S/C23H23NO6/c25-12-14-30-13-11-24-21(17-7-4-8-18(26)15-17)20(22(28)23(24)29)19(27)10-9-16-5-2-1-3-6-16/h1-10,15,21,25-26,28H,11-14H2/b10-9+. The van der Waals surface area contributed by atoms with E-state index in [0.717, 1.165) is 5.56 Å². The third-order valence-electron chi connectivity index (χ3n) is 4.69. The second kappa shape index (κ2) is 9.87. The minimum atomic E-state index is -0.866. The lowest BCUT2D eigenvalue weighted by Crippen LogP contribution is -2.34. The number of amides is 1. The number of aliphatic hydroxyl groups excluding tert-OH is 2. The van der Waals surface area contributed by atoms with Gasteiger partial charge in [-0.3, -0.25) is 9.59 Å². The van der Waals surface area contributed by atoms with E-state index in [0.29, 0.717) is 5.56 Å². The SMILES string of the molecule is O=C(/C=C/c1ccccc1)C1=C(O)C(=O)N(CCOCCO)C1c1cccc(O)c1. The number of rotatable bonds is 9. The Morgan fingerprint density at radius 2 is 1.83 bits per heavy atom. The number of ether oxygens (including phenoxy) is 1. The molecular weight excluding hydrogens is 386 g/mol. The summed E-state index contributed by atoms with van der Waals surface area (Å²) in [5.74, 6) is -1.83. The number of carbonyl (C=O) groups excluding carboxylic acids is 2. The zero-order valence-electron chi connectivity index (χ0n) is 16.3. The molecule has 1 atom stereocenters. The van der Waals surface area contributed by atoms with Crippen molar-refractivity contribution in [3.8, 4) is 5.75 Å². The van der Waals surface area contributed by atoms with Gasteiger partial charge in [0, 0.05) is 6.54 Å². The van der Waals surface area contributed by atoms with Crippen LogP contribution in [-0.4, -0.2) is 58.3 Å². The van der Waals surface area contributed by atoms with Gasteiger partial charge in [0.2, 0.25) is 0 Å². The molecule has 0 saturated heterocycles. The summed E-state index contributed by atoms with van der Waals surface area (Å²) in [6, 6.07) is 14.5. The van der Waals surface area contributed by atoms with E-state index in [-0.39, 0.29) is 37.7 Å². The van der Waals surface area contributed by atoms with E-state index in [1.54, 1.807) is 18.2 Å². The van der Waals surface area contributed by atoms with Crippen LogP contribution >= 0.6 is 0 Å². The van der Waals surface area contributed by atoms with Gasteiger partial charge in [0.25, 0.3) is 5.91 Å². The quantitative estimate of drug-likeness (QED) is 0.434. The van der Waals surface area contributed by atoms with Crippen LogP contribution in [0.4, 0.5) is 0 Å². The first-order valence-corrected chi connectivity index (χ1v) is 9.52. The van der Waals surface area contributed by atoms with Crippen LogP contribution in [0.1, 0.15) is 17.2 Å². The van der Waals surface area contributed by atoms with Gasteiger partial charge in [-0.25, -0.2) is 0 Å². The Labute approximate surface area is 174 Å². The number of hydrogen-bond donors (Lipinski definition) is 3. The number of ketones is 1. The molecule has 0 fully saturated rings. The molecule has 2 aromatic carbocycles. The first-order chi connectivity index (χ1) is 14.5. The van der Waals surface area contributed by atoms with Crippen molar-refractivity contribution in [1.29, 1.82) is 0 Å². The Morgan fingerprint density at radius 3 is 2.53 bits per heavy atom. The van der Waals surface area contributed by atoms with Crippen molar-refractivity contribution in [2.75, 3.05) is 26.4 Å². The van der Waals surface area contributed by atoms with Crippen molar-refractivity contribution in [2.24, 2.45) is 0 Å². The van der Waals surface area contributed by atoms with Crippen molar-refractivity contribution in [1.82, 2.24) is 4.90 Å². The van der Waals surface area contributed by atoms with Gasteiger partial charge in [0.05, 0.1) is 31.4 Å². The largest absolute Gasteiger partial charge is 0.508 e. The van der Waals surface area contributed by atoms with Crippen molar-refractivity contribution >= 4 is 17.8 Å². The van der Waals surface area contributed by atoms with Crippen LogP contribution in [0.25, 0.3) is 6.08 Å². The number of nitrogens with zero attached hydrogens (tertiary/aromatic N) is 1. The zero-order valence-corrected chi connectivity index (χ0v) is 16.3. The van der Waals surface area contributed by atoms with Crippen LogP contribution in [0.5, 0.6) is 5.75 Å². The lowest BCUT2D eigenvalue weighted by atomic mass is 9.95. The molecule has 0 saturated carbocycles. The monoisotopic (exact) mass is 409 g/mol. The van der Waals surface area contributed by atoms with E-state index in [9.17, 15) is 19.8 Å². The first-order valence-electron chi connectivity index (χ1n) is 9.52. The highest BCUT2D eigenvalue weighted by atomic mass is 16.5. The van der Waals surface area contributed by atoms with Gasteiger partial charge in [-0.2, -0.15) is 0 Å². The highest BCUT2D eigenvalue weighted by molar-refractivity contribution is 6.14. The number of phenols is 1. The number of carbonyl (C=O) groups is 2. The maximum atomic E-state index is 13.0. The van der Waals surface area contributed by atoms with E-state index < -0.39 is 23.5 Å². The molecule has 30 heavy (non-hydrogen) atoms. The molecule has 156 valence electrons. The molecule has 3 N–H and O–H groups in total. The molecule has 0 aliphatic carbocycles. The van der Waals surface area contributed by atoms with Crippen molar-refractivity contribution in [3.05, 3.63) is 83.1 Å². The second-order valence-corrected chi connectivity index (χ2v) is 6.70. The number of phenolic OH excluding ortho intramolecular Hbond substituents is 1. The number of aliphatic hydroxyl groups is 2. The topological polar surface area (TPSA) is 107 Å². The molecule has 2 aromatic rings. The molecule has 7 nitrogen and oxygen atoms in total. The van der Waals surface area contributed by atoms with Gasteiger partial charge in [0.15, 0.2) is 11.5 Å². The highest BCUT2D eigenvalue weighted by Crippen LogP contribution is 2.38. The van der Waals surface area contributed by atoms with Gasteiger partial charge in [-0.15, -0.1) is 0 Å². The normalized spacial score (nSPS) is 16.6. The number of aromatic hydroxyl groups is 1. The number of benzene rings is 2. The van der Waals surface area contributed by atoms with Crippen LogP contribution in [0.15, 0.2) is 72.0 Å². The minimum absolute atomic E-state index is 0.0190. The van der Waals surface area contributed by atoms with Gasteiger partial charge in [0.1, 0.15) is 5.75 Å². The summed E-state index contributed by atoms with van der Waals surface area (Å²) in [6.45, 7) is 0.184. The van der Waals surface area contributed by atoms with E-state index in [2.05, 4.69) is 0 Å². The van der Waals surface area contributed by atoms with E-state index in [1.807, 2.05) is 30.3 Å². The predicted octanol–water partition coefficient (Wildman–Crippen LogP) is 2.38. The Hall–Kier alpha value is -3.42. The lowest BCUT2D eigenvalue weighted by Gasteiger charge is -2.26. The van der Waals surface area contributed by atoms with Crippen molar-refractivity contribution < 1.29 is 29.6 Å². The minimum Gasteiger partial charge on any atom is -0.508 e. The third-order valence-corrected chi connectivity index (χ3v) is 4.69. The summed E-state index contributed by atoms with van der Waals surface area (Å²) >= 11 is 0. The molecule has 7 heteroatoms. The van der Waals surface area contributed by atoms with Crippen LogP contribution in [0, 0.1) is 0 Å². The highest BCUT2D eigenvalue weighted by Gasteiger charge is 2.42. The lowest BCUT2D eigenvalue weighted by molar-refractivity contribution is -0.130. The average molecular weight is 409 g/mol. The molecule has 1 amide bonds. The Morgan fingerprint density at radius 1 is 1.07 bits per heavy atom. The summed E-state index contributed by atoms with van der Waals surface area (Å²) in [5.41, 5.74) is 1.24. The van der Waals surface area contributed by atoms with Crippen molar-refractivity contribution in [2.45, 2.75) is 6.04 Å². The Balaban J connectivity index is 1.92. The summed E-state index contributed by atoms with van der Waals surface area (Å²) < 4.78 is 5.24. The van der Waals surface area contributed by atoms with Gasteiger partial charge in [-0.1, -0.05) is 48.5 Å². The molecular formula is C23H23NO6. The van der Waals surface area contributed by atoms with Crippen molar-refractivity contribution in [3.63, 3.8) is 0 Å². The van der Waals surface area contributed by atoms with Crippen LogP contribution < -0.4 is 0 Å². The zero-order chi connectivity index (χ0) is 21.5. The molecule has 1 unspecified atom stereocenters. The van der Waals surface area contributed by atoms with E-state index in [4.69, 9.17) is 9.84 Å². The molecule has 0 aromatic heterocycles. The maximum absolute atomic E-state index is 13.0. The average Bonchev–Trinajstić information content (AvgIpc) is 3.01. The summed E-state index contributed by atoms with van der Waals surface area (Å²) in [7, 11) is 0. The fourth-order valence-corrected chi connectivity index (χ4v) is 3.33. The second-order valence-electron chi connectivity index (χ2n) is 6.70. The fourth-order valence-electron chi connectivity index (χ4n) is 3.33. The predicted molar refractivity (Wildman–Crippen MR) is 111 cm³/mol. The smallest absolute Gasteiger partial charge is 0.290 e. The van der Waals surface area contributed by atoms with E-state index in [1.165, 1.54) is 23.1 Å². The fraction of sp³-hybridized carbons (Fsp3) is 0.217. The van der Waals surface area contributed by atoms with Crippen LogP contribution in [0.3, 0.4) is 0 Å². The van der Waals surface area contributed by atoms with E-state index >= 15 is 0 Å². The number of hydrogen-bond acceptors (Lipinski definition) is 6. The Bertz CT molecular complexity index is 967. The molecule has 1 heterocycles. The third kappa shape index (κ3) is 4.76. The first kappa shape index (κ1) is 21.3. The van der Waals surface area contributed by atoms with Gasteiger partial charge >= 0.3 is 0 Å². The molecule has 0 bridgehead atoms. The van der Waals surface area contributed by atoms with Gasteiger partial charge < -0.3 is 25.0 Å². The van der Waals surface area contributed by atoms with Gasteiger partial charge in [-0.05, 0) is 29.3 Å². The summed E-state index contributed by atoms with van der Waals surface area (Å²) in [4.78, 5) is 27.0. The maximum Gasteiger partial charge on any atom is 0.290 e. The van der Waals surface area contributed by atoms with Crippen LogP contribution in [0.2, 0.25) is 0 Å². The molecule has 1 aliphatic heterocycles. The summed E-state index contributed by atoms with van der Waals surface area (Å²) in [5, 5.41) is 29.2. The van der Waals surface area contributed by atoms with Crippen LogP contribution in [-0.2, 0) is 14.3 Å². The molecule has 0 radical (unpaired) electrons. The molecule has 0 spiro atoms.